The summed E-state index contributed by atoms with van der Waals surface area (Å²) in [4.78, 5) is 37.2. The number of esters is 1. The summed E-state index contributed by atoms with van der Waals surface area (Å²) in [6.45, 7) is 4.23. The second-order valence-corrected chi connectivity index (χ2v) is 6.68. The Kier molecular flexibility index (Phi) is 6.11. The van der Waals surface area contributed by atoms with E-state index in [1.54, 1.807) is 24.3 Å². The highest BCUT2D eigenvalue weighted by atomic mass is 16.6. The van der Waals surface area contributed by atoms with E-state index in [-0.39, 0.29) is 18.1 Å². The predicted octanol–water partition coefficient (Wildman–Crippen LogP) is 3.87. The fourth-order valence-corrected chi connectivity index (χ4v) is 3.10. The summed E-state index contributed by atoms with van der Waals surface area (Å²) in [7, 11) is 0. The van der Waals surface area contributed by atoms with E-state index in [0.717, 1.165) is 6.42 Å². The van der Waals surface area contributed by atoms with Gasteiger partial charge in [-0.2, -0.15) is 0 Å². The van der Waals surface area contributed by atoms with Crippen molar-refractivity contribution in [1.29, 1.82) is 0 Å². The molecule has 1 aliphatic rings. The van der Waals surface area contributed by atoms with Crippen molar-refractivity contribution >= 4 is 23.3 Å². The summed E-state index contributed by atoms with van der Waals surface area (Å²) in [6.07, 6.45) is 0.526. The third kappa shape index (κ3) is 4.37. The van der Waals surface area contributed by atoms with Crippen LogP contribution in [0.4, 0.5) is 11.4 Å². The standard InChI is InChI=1S/C21H22N2O6/c1-3-10-28-21(25)15-7-5-6-14(11-15)13-22-17-12-16(23(26)27)8-9-19(17)29-18(4-2)20(22)24/h5-9,11-12,18H,3-4,10,13H2,1-2H3. The van der Waals surface area contributed by atoms with Crippen molar-refractivity contribution in [3.63, 3.8) is 0 Å². The van der Waals surface area contributed by atoms with E-state index in [1.807, 2.05) is 13.8 Å². The van der Waals surface area contributed by atoms with Gasteiger partial charge in [0, 0.05) is 12.1 Å². The van der Waals surface area contributed by atoms with Crippen molar-refractivity contribution in [3.05, 3.63) is 63.7 Å². The predicted molar refractivity (Wildman–Crippen MR) is 106 cm³/mol. The number of fused-ring (bicyclic) bond motifs is 1. The summed E-state index contributed by atoms with van der Waals surface area (Å²) in [6, 6.07) is 11.0. The molecule has 8 heteroatoms. The number of nitro groups is 1. The van der Waals surface area contributed by atoms with E-state index < -0.39 is 17.0 Å². The molecule has 0 fully saturated rings. The van der Waals surface area contributed by atoms with Crippen molar-refractivity contribution in [2.24, 2.45) is 0 Å². The van der Waals surface area contributed by atoms with Gasteiger partial charge in [-0.05, 0) is 36.6 Å². The zero-order valence-corrected chi connectivity index (χ0v) is 16.3. The van der Waals surface area contributed by atoms with Crippen LogP contribution in [-0.4, -0.2) is 29.5 Å². The van der Waals surface area contributed by atoms with Gasteiger partial charge in [0.2, 0.25) is 0 Å². The first-order valence-electron chi connectivity index (χ1n) is 9.47. The molecule has 0 aromatic heterocycles. The molecule has 8 nitrogen and oxygen atoms in total. The second-order valence-electron chi connectivity index (χ2n) is 6.68. The summed E-state index contributed by atoms with van der Waals surface area (Å²) in [5.41, 5.74) is 1.31. The number of nitro benzene ring substituents is 1. The van der Waals surface area contributed by atoms with Crippen LogP contribution in [0.2, 0.25) is 0 Å². The minimum absolute atomic E-state index is 0.128. The number of hydrogen-bond acceptors (Lipinski definition) is 6. The first kappa shape index (κ1) is 20.3. The zero-order valence-electron chi connectivity index (χ0n) is 16.3. The highest BCUT2D eigenvalue weighted by molar-refractivity contribution is 6.00. The molecule has 1 atom stereocenters. The molecular formula is C21H22N2O6. The summed E-state index contributed by atoms with van der Waals surface area (Å²) >= 11 is 0. The summed E-state index contributed by atoms with van der Waals surface area (Å²) < 4.78 is 10.9. The normalized spacial score (nSPS) is 15.4. The molecule has 0 bridgehead atoms. The molecule has 0 saturated carbocycles. The number of benzene rings is 2. The van der Waals surface area contributed by atoms with Crippen LogP contribution < -0.4 is 9.64 Å². The topological polar surface area (TPSA) is 99.0 Å². The number of non-ortho nitro benzene ring substituents is 1. The number of hydrogen-bond donors (Lipinski definition) is 0. The third-order valence-electron chi connectivity index (χ3n) is 4.57. The SMILES string of the molecule is CCCOC(=O)c1cccc(CN2C(=O)C(CC)Oc3ccc([N+](=O)[O-])cc32)c1. The molecule has 1 amide bonds. The Bertz CT molecular complexity index is 943. The molecule has 3 rings (SSSR count). The van der Waals surface area contributed by atoms with Gasteiger partial charge in [0.25, 0.3) is 11.6 Å². The quantitative estimate of drug-likeness (QED) is 0.399. The first-order chi connectivity index (χ1) is 13.9. The molecule has 1 unspecified atom stereocenters. The van der Waals surface area contributed by atoms with E-state index in [9.17, 15) is 19.7 Å². The van der Waals surface area contributed by atoms with E-state index in [2.05, 4.69) is 0 Å². The Labute approximate surface area is 168 Å². The maximum absolute atomic E-state index is 12.9. The molecular weight excluding hydrogens is 376 g/mol. The van der Waals surface area contributed by atoms with Crippen LogP contribution in [0.1, 0.15) is 42.6 Å². The van der Waals surface area contributed by atoms with Gasteiger partial charge in [0.15, 0.2) is 6.10 Å². The van der Waals surface area contributed by atoms with E-state index in [1.165, 1.54) is 23.1 Å². The molecule has 29 heavy (non-hydrogen) atoms. The highest BCUT2D eigenvalue weighted by Gasteiger charge is 2.34. The molecule has 152 valence electrons. The second kappa shape index (κ2) is 8.72. The van der Waals surface area contributed by atoms with Gasteiger partial charge < -0.3 is 14.4 Å². The maximum Gasteiger partial charge on any atom is 0.338 e. The van der Waals surface area contributed by atoms with Crippen molar-refractivity contribution in [3.8, 4) is 5.75 Å². The Balaban J connectivity index is 1.93. The minimum atomic E-state index is -0.665. The monoisotopic (exact) mass is 398 g/mol. The van der Waals surface area contributed by atoms with Crippen molar-refractivity contribution in [2.75, 3.05) is 11.5 Å². The number of amides is 1. The average Bonchev–Trinajstić information content (AvgIpc) is 2.73. The van der Waals surface area contributed by atoms with Crippen LogP contribution >= 0.6 is 0 Å². The number of nitrogens with zero attached hydrogens (tertiary/aromatic N) is 2. The van der Waals surface area contributed by atoms with E-state index in [0.29, 0.717) is 35.6 Å². The maximum atomic E-state index is 12.9. The first-order valence-corrected chi connectivity index (χ1v) is 9.47. The molecule has 0 saturated heterocycles. The Morgan fingerprint density at radius 1 is 1.24 bits per heavy atom. The van der Waals surface area contributed by atoms with E-state index >= 15 is 0 Å². The summed E-state index contributed by atoms with van der Waals surface area (Å²) in [5, 5.41) is 11.2. The largest absolute Gasteiger partial charge is 0.478 e. The van der Waals surface area contributed by atoms with Crippen LogP contribution in [0, 0.1) is 10.1 Å². The third-order valence-corrected chi connectivity index (χ3v) is 4.57. The smallest absolute Gasteiger partial charge is 0.338 e. The highest BCUT2D eigenvalue weighted by Crippen LogP contribution is 2.38. The molecule has 0 aliphatic carbocycles. The van der Waals surface area contributed by atoms with Crippen LogP contribution in [0.3, 0.4) is 0 Å². The van der Waals surface area contributed by atoms with Gasteiger partial charge in [0.05, 0.1) is 29.3 Å². The van der Waals surface area contributed by atoms with Gasteiger partial charge in [-0.25, -0.2) is 4.79 Å². The number of ether oxygens (including phenoxy) is 2. The molecule has 0 N–H and O–H groups in total. The molecule has 1 aliphatic heterocycles. The lowest BCUT2D eigenvalue weighted by atomic mass is 10.1. The molecule has 0 radical (unpaired) electrons. The van der Waals surface area contributed by atoms with Crippen LogP contribution in [0.15, 0.2) is 42.5 Å². The van der Waals surface area contributed by atoms with Crippen LogP contribution in [0.25, 0.3) is 0 Å². The van der Waals surface area contributed by atoms with E-state index in [4.69, 9.17) is 9.47 Å². The lowest BCUT2D eigenvalue weighted by Crippen LogP contribution is -2.45. The van der Waals surface area contributed by atoms with Crippen LogP contribution in [-0.2, 0) is 16.1 Å². The van der Waals surface area contributed by atoms with Gasteiger partial charge in [-0.1, -0.05) is 26.0 Å². The van der Waals surface area contributed by atoms with Gasteiger partial charge in [0.1, 0.15) is 5.75 Å². The van der Waals surface area contributed by atoms with Gasteiger partial charge >= 0.3 is 5.97 Å². The number of carbonyl (C=O) groups excluding carboxylic acids is 2. The molecule has 0 spiro atoms. The average molecular weight is 398 g/mol. The fraction of sp³-hybridized carbons (Fsp3) is 0.333. The van der Waals surface area contributed by atoms with Crippen molar-refractivity contribution < 1.29 is 24.0 Å². The summed E-state index contributed by atoms with van der Waals surface area (Å²) in [5.74, 6) is -0.288. The molecule has 2 aromatic carbocycles. The van der Waals surface area contributed by atoms with Crippen LogP contribution in [0.5, 0.6) is 5.75 Å². The van der Waals surface area contributed by atoms with Crippen molar-refractivity contribution in [1.82, 2.24) is 0 Å². The molecule has 1 heterocycles. The minimum Gasteiger partial charge on any atom is -0.478 e. The number of anilines is 1. The van der Waals surface area contributed by atoms with Crippen molar-refractivity contribution in [2.45, 2.75) is 39.3 Å². The lowest BCUT2D eigenvalue weighted by molar-refractivity contribution is -0.384. The van der Waals surface area contributed by atoms with Gasteiger partial charge in [-0.3, -0.25) is 14.9 Å². The Hall–Kier alpha value is -3.42. The Morgan fingerprint density at radius 3 is 2.72 bits per heavy atom. The fourth-order valence-electron chi connectivity index (χ4n) is 3.10. The number of carbonyl (C=O) groups is 2. The number of rotatable bonds is 7. The Morgan fingerprint density at radius 2 is 2.03 bits per heavy atom. The molecule has 2 aromatic rings. The van der Waals surface area contributed by atoms with Gasteiger partial charge in [-0.15, -0.1) is 0 Å². The lowest BCUT2D eigenvalue weighted by Gasteiger charge is -2.34. The zero-order chi connectivity index (χ0) is 21.0.